The summed E-state index contributed by atoms with van der Waals surface area (Å²) in [5, 5.41) is 10.5. The third kappa shape index (κ3) is 4.33. The molecule has 3 aliphatic heterocycles. The Bertz CT molecular complexity index is 989. The first kappa shape index (κ1) is 19.5. The molecule has 0 unspecified atom stereocenters. The number of morpholine rings is 1. The fourth-order valence-corrected chi connectivity index (χ4v) is 4.89. The van der Waals surface area contributed by atoms with E-state index in [1.165, 1.54) is 5.69 Å². The van der Waals surface area contributed by atoms with Crippen molar-refractivity contribution in [3.63, 3.8) is 0 Å². The van der Waals surface area contributed by atoms with Crippen LogP contribution in [0, 0.1) is 0 Å². The molecule has 1 aromatic carbocycles. The molecule has 0 bridgehead atoms. The summed E-state index contributed by atoms with van der Waals surface area (Å²) >= 11 is 1.61. The van der Waals surface area contributed by atoms with Crippen LogP contribution in [-0.2, 0) is 9.53 Å². The van der Waals surface area contributed by atoms with Crippen molar-refractivity contribution < 1.29 is 9.53 Å². The van der Waals surface area contributed by atoms with Gasteiger partial charge in [0.05, 0.1) is 23.4 Å². The molecule has 158 valence electrons. The van der Waals surface area contributed by atoms with E-state index in [1.807, 2.05) is 6.08 Å². The number of dihydropyridines is 1. The summed E-state index contributed by atoms with van der Waals surface area (Å²) in [6, 6.07) is 6.60. The van der Waals surface area contributed by atoms with Crippen LogP contribution in [0.25, 0.3) is 10.2 Å². The van der Waals surface area contributed by atoms with Gasteiger partial charge in [-0.1, -0.05) is 11.3 Å². The number of amidine groups is 1. The monoisotopic (exact) mass is 426 g/mol. The Hall–Kier alpha value is -2.49. The molecule has 1 atom stereocenters. The molecule has 2 saturated heterocycles. The number of aromatic nitrogens is 1. The summed E-state index contributed by atoms with van der Waals surface area (Å²) in [5.41, 5.74) is 2.94. The minimum Gasteiger partial charge on any atom is -0.378 e. The SMILES string of the molecule is O=C(N[C@@H]1CCNC1)C1=CC(Nc2nc3ccc(N4CCOCC4)cc3s2)=NCC1. The van der Waals surface area contributed by atoms with E-state index in [9.17, 15) is 4.79 Å². The minimum atomic E-state index is 0.0114. The van der Waals surface area contributed by atoms with Crippen LogP contribution in [0.15, 0.2) is 34.8 Å². The molecule has 2 aromatic rings. The zero-order valence-corrected chi connectivity index (χ0v) is 17.6. The predicted molar refractivity (Wildman–Crippen MR) is 121 cm³/mol. The molecule has 3 aliphatic rings. The summed E-state index contributed by atoms with van der Waals surface area (Å²) in [5.74, 6) is 0.709. The third-order valence-corrected chi connectivity index (χ3v) is 6.58. The van der Waals surface area contributed by atoms with Gasteiger partial charge in [-0.25, -0.2) is 4.98 Å². The Kier molecular flexibility index (Phi) is 5.65. The number of hydrogen-bond acceptors (Lipinski definition) is 8. The normalized spacial score (nSPS) is 22.0. The van der Waals surface area contributed by atoms with Crippen LogP contribution in [0.4, 0.5) is 10.8 Å². The summed E-state index contributed by atoms with van der Waals surface area (Å²) in [7, 11) is 0. The van der Waals surface area contributed by atoms with Gasteiger partial charge in [-0.15, -0.1) is 0 Å². The van der Waals surface area contributed by atoms with Crippen molar-refractivity contribution >= 4 is 44.1 Å². The number of anilines is 2. The molecular formula is C21H26N6O2S. The van der Waals surface area contributed by atoms with Gasteiger partial charge in [-0.05, 0) is 43.7 Å². The number of nitrogens with zero attached hydrogens (tertiary/aromatic N) is 3. The average molecular weight is 427 g/mol. The maximum Gasteiger partial charge on any atom is 0.247 e. The highest BCUT2D eigenvalue weighted by molar-refractivity contribution is 7.22. The van der Waals surface area contributed by atoms with E-state index in [0.29, 0.717) is 18.8 Å². The molecule has 30 heavy (non-hydrogen) atoms. The van der Waals surface area contributed by atoms with Crippen LogP contribution < -0.4 is 20.9 Å². The number of carbonyl (C=O) groups excluding carboxylic acids is 1. The number of rotatable bonds is 4. The Balaban J connectivity index is 1.28. The Labute approximate surface area is 179 Å². The average Bonchev–Trinajstić information content (AvgIpc) is 3.43. The van der Waals surface area contributed by atoms with Gasteiger partial charge in [-0.2, -0.15) is 0 Å². The topological polar surface area (TPSA) is 90.9 Å². The van der Waals surface area contributed by atoms with E-state index in [1.54, 1.807) is 11.3 Å². The first-order valence-electron chi connectivity index (χ1n) is 10.5. The number of benzene rings is 1. The maximum atomic E-state index is 12.6. The van der Waals surface area contributed by atoms with Crippen molar-refractivity contribution in [2.45, 2.75) is 18.9 Å². The van der Waals surface area contributed by atoms with Crippen molar-refractivity contribution in [1.29, 1.82) is 0 Å². The number of fused-ring (bicyclic) bond motifs is 1. The highest BCUT2D eigenvalue weighted by atomic mass is 32.1. The highest BCUT2D eigenvalue weighted by Crippen LogP contribution is 2.30. The van der Waals surface area contributed by atoms with E-state index in [0.717, 1.165) is 66.7 Å². The highest BCUT2D eigenvalue weighted by Gasteiger charge is 2.21. The lowest BCUT2D eigenvalue weighted by Crippen LogP contribution is -2.38. The summed E-state index contributed by atoms with van der Waals surface area (Å²) in [6.07, 6.45) is 3.50. The molecule has 4 heterocycles. The molecule has 0 radical (unpaired) electrons. The van der Waals surface area contributed by atoms with Gasteiger partial charge in [-0.3, -0.25) is 9.79 Å². The van der Waals surface area contributed by atoms with Crippen molar-refractivity contribution in [2.24, 2.45) is 4.99 Å². The first-order chi connectivity index (χ1) is 14.7. The number of amides is 1. The van der Waals surface area contributed by atoms with Crippen LogP contribution >= 0.6 is 11.3 Å². The van der Waals surface area contributed by atoms with Gasteiger partial charge < -0.3 is 25.6 Å². The zero-order chi connectivity index (χ0) is 20.3. The number of nitrogens with one attached hydrogen (secondary N) is 3. The van der Waals surface area contributed by atoms with E-state index < -0.39 is 0 Å². The maximum absolute atomic E-state index is 12.6. The largest absolute Gasteiger partial charge is 0.378 e. The zero-order valence-electron chi connectivity index (χ0n) is 16.8. The smallest absolute Gasteiger partial charge is 0.247 e. The Morgan fingerprint density at radius 1 is 1.30 bits per heavy atom. The number of aliphatic imine (C=N–C) groups is 1. The molecule has 1 aromatic heterocycles. The van der Waals surface area contributed by atoms with E-state index in [4.69, 9.17) is 9.72 Å². The second-order valence-electron chi connectivity index (χ2n) is 7.75. The van der Waals surface area contributed by atoms with Gasteiger partial charge in [0.25, 0.3) is 0 Å². The predicted octanol–water partition coefficient (Wildman–Crippen LogP) is 1.75. The summed E-state index contributed by atoms with van der Waals surface area (Å²) in [6.45, 7) is 5.79. The van der Waals surface area contributed by atoms with Crippen LogP contribution in [0.5, 0.6) is 0 Å². The standard InChI is InChI=1S/C21H26N6O2S/c28-20(24-15-4-5-22-13-15)14-3-6-23-19(11-14)26-21-25-17-2-1-16(12-18(17)30-21)27-7-9-29-10-8-27/h1-2,11-12,15,22H,3-10,13H2,(H,24,28)(H,23,25,26)/t15-/m1/s1. The van der Waals surface area contributed by atoms with Crippen molar-refractivity contribution in [3.05, 3.63) is 29.8 Å². The third-order valence-electron chi connectivity index (χ3n) is 5.64. The minimum absolute atomic E-state index is 0.0114. The lowest BCUT2D eigenvalue weighted by atomic mass is 10.1. The van der Waals surface area contributed by atoms with Crippen molar-refractivity contribution in [1.82, 2.24) is 15.6 Å². The molecule has 0 spiro atoms. The van der Waals surface area contributed by atoms with Crippen LogP contribution in [0.2, 0.25) is 0 Å². The summed E-state index contributed by atoms with van der Waals surface area (Å²) < 4.78 is 6.58. The Morgan fingerprint density at radius 2 is 2.20 bits per heavy atom. The number of ether oxygens (including phenoxy) is 1. The van der Waals surface area contributed by atoms with Gasteiger partial charge in [0.2, 0.25) is 5.91 Å². The molecule has 8 nitrogen and oxygen atoms in total. The van der Waals surface area contributed by atoms with Crippen molar-refractivity contribution in [2.75, 3.05) is 56.2 Å². The lowest BCUT2D eigenvalue weighted by molar-refractivity contribution is -0.118. The first-order valence-corrected chi connectivity index (χ1v) is 11.3. The molecule has 9 heteroatoms. The van der Waals surface area contributed by atoms with Crippen LogP contribution in [0.1, 0.15) is 12.8 Å². The molecule has 1 amide bonds. The van der Waals surface area contributed by atoms with Gasteiger partial charge in [0.1, 0.15) is 5.84 Å². The van der Waals surface area contributed by atoms with Crippen LogP contribution in [0.3, 0.4) is 0 Å². The lowest BCUT2D eigenvalue weighted by Gasteiger charge is -2.28. The fraction of sp³-hybridized carbons (Fsp3) is 0.476. The molecule has 3 N–H and O–H groups in total. The second kappa shape index (κ2) is 8.71. The van der Waals surface area contributed by atoms with E-state index in [2.05, 4.69) is 44.0 Å². The molecule has 5 rings (SSSR count). The molecule has 2 fully saturated rings. The quantitative estimate of drug-likeness (QED) is 0.690. The van der Waals surface area contributed by atoms with E-state index >= 15 is 0 Å². The van der Waals surface area contributed by atoms with Gasteiger partial charge >= 0.3 is 0 Å². The van der Waals surface area contributed by atoms with Crippen LogP contribution in [-0.4, -0.2) is 68.7 Å². The molecular weight excluding hydrogens is 400 g/mol. The van der Waals surface area contributed by atoms with Crippen molar-refractivity contribution in [3.8, 4) is 0 Å². The molecule has 0 aliphatic carbocycles. The van der Waals surface area contributed by atoms with E-state index in [-0.39, 0.29) is 11.9 Å². The molecule has 0 saturated carbocycles. The van der Waals surface area contributed by atoms with Gasteiger partial charge in [0.15, 0.2) is 5.13 Å². The van der Waals surface area contributed by atoms with Gasteiger partial charge in [0, 0.05) is 43.5 Å². The summed E-state index contributed by atoms with van der Waals surface area (Å²) in [4.78, 5) is 24.1. The number of thiazole rings is 1. The second-order valence-corrected chi connectivity index (χ2v) is 8.78. The number of carbonyl (C=O) groups is 1. The number of hydrogen-bond donors (Lipinski definition) is 3. The Morgan fingerprint density at radius 3 is 3.03 bits per heavy atom. The fourth-order valence-electron chi connectivity index (χ4n) is 3.98.